The summed E-state index contributed by atoms with van der Waals surface area (Å²) in [7, 11) is 0. The highest BCUT2D eigenvalue weighted by atomic mass is 16.5. The van der Waals surface area contributed by atoms with E-state index in [0.29, 0.717) is 53.6 Å². The van der Waals surface area contributed by atoms with Gasteiger partial charge in [0.05, 0.1) is 24.7 Å². The van der Waals surface area contributed by atoms with Gasteiger partial charge in [0.1, 0.15) is 17.9 Å². The Morgan fingerprint density at radius 1 is 1.02 bits per heavy atom. The van der Waals surface area contributed by atoms with Crippen molar-refractivity contribution in [2.24, 2.45) is 57.7 Å². The van der Waals surface area contributed by atoms with E-state index >= 15 is 0 Å². The molecule has 8 aliphatic rings. The smallest absolute Gasteiger partial charge is 0.232 e. The number of carbonyl (C=O) groups excluding carboxylic acids is 3. The van der Waals surface area contributed by atoms with Crippen molar-refractivity contribution in [2.75, 3.05) is 32.8 Å². The molecule has 8 rings (SSSR count). The van der Waals surface area contributed by atoms with Gasteiger partial charge in [-0.1, -0.05) is 27.7 Å². The molecular formula is C35H53N3O5. The van der Waals surface area contributed by atoms with E-state index in [2.05, 4.69) is 38.3 Å². The number of fused-ring (bicyclic) bond motifs is 7. The van der Waals surface area contributed by atoms with Crippen molar-refractivity contribution < 1.29 is 23.9 Å². The van der Waals surface area contributed by atoms with Gasteiger partial charge in [-0.25, -0.2) is 0 Å². The Bertz CT molecular complexity index is 1190. The van der Waals surface area contributed by atoms with E-state index in [1.54, 1.807) is 0 Å². The van der Waals surface area contributed by atoms with Crippen molar-refractivity contribution >= 4 is 17.6 Å². The Kier molecular flexibility index (Phi) is 6.56. The van der Waals surface area contributed by atoms with Crippen LogP contribution < -0.4 is 10.6 Å². The lowest BCUT2D eigenvalue weighted by Gasteiger charge is -2.60. The molecule has 2 N–H and O–H groups in total. The van der Waals surface area contributed by atoms with Crippen molar-refractivity contribution in [3.63, 3.8) is 0 Å². The number of amides is 2. The predicted molar refractivity (Wildman–Crippen MR) is 161 cm³/mol. The summed E-state index contributed by atoms with van der Waals surface area (Å²) in [5.41, 5.74) is -0.206. The average Bonchev–Trinajstić information content (AvgIpc) is 3.36. The van der Waals surface area contributed by atoms with Crippen LogP contribution in [0.1, 0.15) is 91.9 Å². The fourth-order valence-corrected chi connectivity index (χ4v) is 12.3. The fraction of sp³-hybridized carbons (Fsp3) is 0.914. The first-order chi connectivity index (χ1) is 20.5. The van der Waals surface area contributed by atoms with Crippen molar-refractivity contribution in [2.45, 2.75) is 110 Å². The molecule has 43 heavy (non-hydrogen) atoms. The molecule has 4 aliphatic heterocycles. The van der Waals surface area contributed by atoms with E-state index in [1.807, 2.05) is 4.90 Å². The second-order valence-corrected chi connectivity index (χ2v) is 17.1. The van der Waals surface area contributed by atoms with E-state index in [0.717, 1.165) is 65.0 Å². The molecule has 8 heteroatoms. The molecule has 8 nitrogen and oxygen atoms in total. The van der Waals surface area contributed by atoms with Crippen molar-refractivity contribution in [3.05, 3.63) is 0 Å². The molecule has 4 saturated heterocycles. The van der Waals surface area contributed by atoms with Crippen molar-refractivity contribution in [3.8, 4) is 0 Å². The van der Waals surface area contributed by atoms with E-state index in [9.17, 15) is 14.4 Å². The monoisotopic (exact) mass is 595 g/mol. The molecule has 4 saturated carbocycles. The van der Waals surface area contributed by atoms with E-state index in [-0.39, 0.29) is 52.4 Å². The van der Waals surface area contributed by atoms with Crippen molar-refractivity contribution in [1.82, 2.24) is 15.5 Å². The summed E-state index contributed by atoms with van der Waals surface area (Å²) in [5.74, 6) is 3.62. The molecule has 12 atom stereocenters. The summed E-state index contributed by atoms with van der Waals surface area (Å²) in [6, 6.07) is 0.129. The van der Waals surface area contributed by atoms with Crippen LogP contribution >= 0.6 is 0 Å². The number of ether oxygens (including phenoxy) is 2. The van der Waals surface area contributed by atoms with Crippen LogP contribution in [-0.4, -0.2) is 73.2 Å². The fourth-order valence-electron chi connectivity index (χ4n) is 12.3. The lowest BCUT2D eigenvalue weighted by Crippen LogP contribution is -2.67. The number of rotatable bonds is 3. The zero-order valence-electron chi connectivity index (χ0n) is 26.8. The number of nitrogens with one attached hydrogen (secondary N) is 2. The molecule has 4 heterocycles. The van der Waals surface area contributed by atoms with E-state index in [1.165, 1.54) is 19.3 Å². The molecule has 2 spiro atoms. The van der Waals surface area contributed by atoms with Crippen LogP contribution in [0.5, 0.6) is 0 Å². The topological polar surface area (TPSA) is 97.0 Å². The van der Waals surface area contributed by atoms with Gasteiger partial charge in [-0.2, -0.15) is 0 Å². The number of nitrogens with zero attached hydrogens (tertiary/aromatic N) is 1. The molecule has 0 aromatic carbocycles. The Morgan fingerprint density at radius 3 is 2.51 bits per heavy atom. The first-order valence-electron chi connectivity index (χ1n) is 17.6. The molecular weight excluding hydrogens is 542 g/mol. The number of carbonyl (C=O) groups is 3. The third kappa shape index (κ3) is 4.13. The summed E-state index contributed by atoms with van der Waals surface area (Å²) < 4.78 is 12.3. The highest BCUT2D eigenvalue weighted by Gasteiger charge is 2.71. The number of likely N-dealkylation sites (tertiary alicyclic amines) is 1. The molecule has 0 aromatic heterocycles. The summed E-state index contributed by atoms with van der Waals surface area (Å²) >= 11 is 0. The predicted octanol–water partition coefficient (Wildman–Crippen LogP) is 3.92. The molecule has 238 valence electrons. The number of piperidine rings is 1. The van der Waals surface area contributed by atoms with Crippen LogP contribution in [0.15, 0.2) is 0 Å². The van der Waals surface area contributed by atoms with Gasteiger partial charge in [0.2, 0.25) is 11.8 Å². The van der Waals surface area contributed by atoms with Gasteiger partial charge in [0.25, 0.3) is 0 Å². The van der Waals surface area contributed by atoms with Gasteiger partial charge in [-0.15, -0.1) is 0 Å². The van der Waals surface area contributed by atoms with Gasteiger partial charge < -0.3 is 19.7 Å². The maximum Gasteiger partial charge on any atom is 0.232 e. The molecule has 2 amide bonds. The number of Topliss-reactive ketones (excluding diaryl/α,β-unsaturated/α-hetero) is 1. The summed E-state index contributed by atoms with van der Waals surface area (Å²) in [6.45, 7) is 13.4. The van der Waals surface area contributed by atoms with Gasteiger partial charge in [0, 0.05) is 49.3 Å². The molecule has 0 radical (unpaired) electrons. The zero-order chi connectivity index (χ0) is 29.9. The third-order valence-electron chi connectivity index (χ3n) is 14.9. The minimum Gasteiger partial charge on any atom is -0.380 e. The first kappa shape index (κ1) is 28.9. The van der Waals surface area contributed by atoms with Crippen molar-refractivity contribution in [1.29, 1.82) is 0 Å². The maximum atomic E-state index is 14.4. The minimum absolute atomic E-state index is 0.0481. The summed E-state index contributed by atoms with van der Waals surface area (Å²) in [6.07, 6.45) is 9.47. The Labute approximate surface area is 257 Å². The Morgan fingerprint density at radius 2 is 1.81 bits per heavy atom. The van der Waals surface area contributed by atoms with Crippen LogP contribution in [0, 0.1) is 57.7 Å². The van der Waals surface area contributed by atoms with Crippen LogP contribution in [0.4, 0.5) is 0 Å². The SMILES string of the molecule is C[C@@H]1CC[C@@]2(NC1)O[C@H]1C[C@H]3[C@@H]4CC[C@H]5C[C@H](NC(=O)CC(=O)N6CC7(COC7)C6)CC[C@]5(C)[C@H]4CC(=O)[C@]3(C)[C@H]1[C@@H]2C. The lowest BCUT2D eigenvalue weighted by molar-refractivity contribution is -0.195. The minimum atomic E-state index is -0.276. The van der Waals surface area contributed by atoms with Gasteiger partial charge in [-0.3, -0.25) is 19.7 Å². The van der Waals surface area contributed by atoms with Crippen LogP contribution in [0.25, 0.3) is 0 Å². The second-order valence-electron chi connectivity index (χ2n) is 17.1. The molecule has 0 unspecified atom stereocenters. The van der Waals surface area contributed by atoms with Crippen LogP contribution in [0.3, 0.4) is 0 Å². The van der Waals surface area contributed by atoms with Gasteiger partial charge in [0.15, 0.2) is 0 Å². The van der Waals surface area contributed by atoms with Crippen LogP contribution in [0.2, 0.25) is 0 Å². The summed E-state index contributed by atoms with van der Waals surface area (Å²) in [5, 5.41) is 7.05. The second kappa shape index (κ2) is 9.75. The molecule has 4 aliphatic carbocycles. The molecule has 0 aromatic rings. The Hall–Kier alpha value is -1.51. The highest BCUT2D eigenvalue weighted by Crippen LogP contribution is 2.70. The third-order valence-corrected chi connectivity index (χ3v) is 14.9. The summed E-state index contributed by atoms with van der Waals surface area (Å²) in [4.78, 5) is 41.7. The van der Waals surface area contributed by atoms with Gasteiger partial charge >= 0.3 is 0 Å². The molecule has 0 bridgehead atoms. The number of hydrogen-bond acceptors (Lipinski definition) is 6. The lowest BCUT2D eigenvalue weighted by atomic mass is 9.44. The standard InChI is InChI=1S/C35H53N3O5/c1-20-7-10-35(36-15-20)21(2)31-27(43-35)12-26-24-6-5-22-11-23(8-9-32(22,3)25(24)13-28(39)33(26,31)4)37-29(40)14-30(41)38-16-34(17-38)18-42-19-34/h20-27,31,36H,5-19H2,1-4H3,(H,37,40)/t20-,21+,22+,23-,24-,25+,26+,27+,31+,32+,33-,35-/m1/s1. The van der Waals surface area contributed by atoms with E-state index < -0.39 is 0 Å². The number of ketones is 1. The van der Waals surface area contributed by atoms with E-state index in [4.69, 9.17) is 9.47 Å². The van der Waals surface area contributed by atoms with Crippen LogP contribution in [-0.2, 0) is 23.9 Å². The number of hydrogen-bond donors (Lipinski definition) is 2. The largest absolute Gasteiger partial charge is 0.380 e. The normalized spacial score (nSPS) is 51.1. The maximum absolute atomic E-state index is 14.4. The highest BCUT2D eigenvalue weighted by molar-refractivity contribution is 5.97. The first-order valence-corrected chi connectivity index (χ1v) is 17.6. The zero-order valence-corrected chi connectivity index (χ0v) is 26.8. The molecule has 8 fully saturated rings. The quantitative estimate of drug-likeness (QED) is 0.481. The van der Waals surface area contributed by atoms with Gasteiger partial charge in [-0.05, 0) is 86.4 Å². The Balaban J connectivity index is 0.913. The average molecular weight is 596 g/mol.